The van der Waals surface area contributed by atoms with Crippen LogP contribution >= 0.6 is 11.6 Å². The van der Waals surface area contributed by atoms with Crippen molar-refractivity contribution in [2.45, 2.75) is 12.3 Å². The lowest BCUT2D eigenvalue weighted by molar-refractivity contribution is -0.119. The van der Waals surface area contributed by atoms with Crippen LogP contribution in [0.1, 0.15) is 23.5 Å². The zero-order chi connectivity index (χ0) is 20.4. The molecular formula is C25H22ClNO2. The second-order valence-electron chi connectivity index (χ2n) is 7.14. The van der Waals surface area contributed by atoms with Gasteiger partial charge in [0.15, 0.2) is 0 Å². The number of anilines is 1. The van der Waals surface area contributed by atoms with Crippen LogP contribution in [0.4, 0.5) is 5.69 Å². The van der Waals surface area contributed by atoms with Gasteiger partial charge in [-0.05, 0) is 40.1 Å². The second kappa shape index (κ2) is 8.14. The molecular weight excluding hydrogens is 382 g/mol. The first kappa shape index (κ1) is 19.3. The molecule has 3 aromatic rings. The van der Waals surface area contributed by atoms with Gasteiger partial charge < -0.3 is 9.64 Å². The van der Waals surface area contributed by atoms with Crippen LogP contribution in [0.25, 0.3) is 10.8 Å². The summed E-state index contributed by atoms with van der Waals surface area (Å²) in [5.41, 5.74) is 3.14. The van der Waals surface area contributed by atoms with Gasteiger partial charge in [-0.25, -0.2) is 0 Å². The lowest BCUT2D eigenvalue weighted by Gasteiger charge is -2.35. The molecule has 0 spiro atoms. The van der Waals surface area contributed by atoms with Gasteiger partial charge in [0.05, 0.1) is 6.54 Å². The molecule has 4 rings (SSSR count). The zero-order valence-corrected chi connectivity index (χ0v) is 16.9. The first-order valence-electron chi connectivity index (χ1n) is 9.57. The minimum Gasteiger partial charge on any atom is -0.490 e. The number of hydrogen-bond acceptors (Lipinski definition) is 2. The largest absolute Gasteiger partial charge is 0.490 e. The molecule has 0 saturated heterocycles. The van der Waals surface area contributed by atoms with Crippen molar-refractivity contribution in [2.24, 2.45) is 0 Å². The highest BCUT2D eigenvalue weighted by Crippen LogP contribution is 2.44. The topological polar surface area (TPSA) is 29.5 Å². The zero-order valence-electron chi connectivity index (χ0n) is 16.1. The molecule has 1 heterocycles. The van der Waals surface area contributed by atoms with E-state index in [1.165, 1.54) is 0 Å². The van der Waals surface area contributed by atoms with Gasteiger partial charge in [0.2, 0.25) is 5.91 Å². The molecule has 4 heteroatoms. The molecule has 3 nitrogen and oxygen atoms in total. The molecule has 1 amide bonds. The fourth-order valence-electron chi connectivity index (χ4n) is 3.99. The fourth-order valence-corrected chi connectivity index (χ4v) is 4.11. The van der Waals surface area contributed by atoms with Crippen LogP contribution in [0.2, 0.25) is 0 Å². The van der Waals surface area contributed by atoms with Crippen molar-refractivity contribution in [1.82, 2.24) is 0 Å². The fraction of sp³-hybridized carbons (Fsp3) is 0.160. The van der Waals surface area contributed by atoms with Gasteiger partial charge in [0.1, 0.15) is 12.4 Å². The van der Waals surface area contributed by atoms with Crippen molar-refractivity contribution >= 4 is 34.0 Å². The number of benzene rings is 3. The number of carbonyl (C=O) groups excluding carboxylic acids is 1. The molecule has 0 aromatic heterocycles. The highest BCUT2D eigenvalue weighted by Gasteiger charge is 2.33. The van der Waals surface area contributed by atoms with E-state index in [4.69, 9.17) is 16.3 Å². The minimum absolute atomic E-state index is 0.0307. The smallest absolute Gasteiger partial charge is 0.228 e. The number of ether oxygens (including phenoxy) is 1. The van der Waals surface area contributed by atoms with E-state index < -0.39 is 0 Å². The van der Waals surface area contributed by atoms with E-state index in [0.29, 0.717) is 24.6 Å². The molecule has 0 fully saturated rings. The summed E-state index contributed by atoms with van der Waals surface area (Å²) < 4.78 is 5.60. The van der Waals surface area contributed by atoms with Crippen LogP contribution in [-0.4, -0.2) is 19.1 Å². The molecule has 3 aromatic carbocycles. The molecule has 1 unspecified atom stereocenters. The minimum atomic E-state index is -0.0307. The van der Waals surface area contributed by atoms with E-state index in [2.05, 4.69) is 31.4 Å². The Balaban J connectivity index is 1.83. The maximum absolute atomic E-state index is 13.0. The summed E-state index contributed by atoms with van der Waals surface area (Å²) in [6.07, 6.45) is 2.10. The van der Waals surface area contributed by atoms with Crippen molar-refractivity contribution < 1.29 is 9.53 Å². The van der Waals surface area contributed by atoms with Crippen molar-refractivity contribution in [3.63, 3.8) is 0 Å². The number of carbonyl (C=O) groups is 1. The van der Waals surface area contributed by atoms with E-state index in [1.54, 1.807) is 11.0 Å². The molecule has 1 aliphatic heterocycles. The normalized spacial score (nSPS) is 15.8. The van der Waals surface area contributed by atoms with Crippen LogP contribution in [-0.2, 0) is 4.79 Å². The average molecular weight is 404 g/mol. The molecule has 1 aliphatic rings. The van der Waals surface area contributed by atoms with E-state index in [-0.39, 0.29) is 11.8 Å². The van der Waals surface area contributed by atoms with Gasteiger partial charge in [0, 0.05) is 23.1 Å². The quantitative estimate of drug-likeness (QED) is 0.470. The molecule has 146 valence electrons. The standard InChI is InChI=1S/C25H22ClNO2/c1-3-14-29-20-11-8-19(9-12-20)22-15-24(28)27(16-17(2)26)23-13-10-18-6-4-5-7-21(18)25(22)23/h3-13,22H,1-2,14-16H2. The highest BCUT2D eigenvalue weighted by molar-refractivity contribution is 6.30. The molecule has 1 atom stereocenters. The summed E-state index contributed by atoms with van der Waals surface area (Å²) in [6.45, 7) is 8.23. The third-order valence-corrected chi connectivity index (χ3v) is 5.37. The Kier molecular flexibility index (Phi) is 5.41. The molecule has 0 bridgehead atoms. The Labute approximate surface area is 175 Å². The van der Waals surface area contributed by atoms with Crippen molar-refractivity contribution in [3.8, 4) is 5.75 Å². The third-order valence-electron chi connectivity index (χ3n) is 5.25. The Hall–Kier alpha value is -3.04. The van der Waals surface area contributed by atoms with Crippen molar-refractivity contribution in [1.29, 1.82) is 0 Å². The van der Waals surface area contributed by atoms with Crippen LogP contribution < -0.4 is 9.64 Å². The van der Waals surface area contributed by atoms with Gasteiger partial charge >= 0.3 is 0 Å². The molecule has 0 aliphatic carbocycles. The molecule has 29 heavy (non-hydrogen) atoms. The average Bonchev–Trinajstić information content (AvgIpc) is 2.73. The Morgan fingerprint density at radius 1 is 1.14 bits per heavy atom. The SMILES string of the molecule is C=CCOc1ccc(C2CC(=O)N(CC(=C)Cl)c3ccc4ccccc4c32)cc1. The Bertz CT molecular complexity index is 1090. The molecule has 0 radical (unpaired) electrons. The van der Waals surface area contributed by atoms with Crippen LogP contribution in [0.5, 0.6) is 5.75 Å². The number of hydrogen-bond donors (Lipinski definition) is 0. The van der Waals surface area contributed by atoms with Gasteiger partial charge in [-0.3, -0.25) is 4.79 Å². The van der Waals surface area contributed by atoms with E-state index in [0.717, 1.165) is 33.3 Å². The Morgan fingerprint density at radius 3 is 2.62 bits per heavy atom. The first-order chi connectivity index (χ1) is 14.1. The van der Waals surface area contributed by atoms with E-state index in [1.807, 2.05) is 42.5 Å². The highest BCUT2D eigenvalue weighted by atomic mass is 35.5. The lowest BCUT2D eigenvalue weighted by atomic mass is 9.81. The van der Waals surface area contributed by atoms with Gasteiger partial charge in [-0.15, -0.1) is 0 Å². The Morgan fingerprint density at radius 2 is 1.90 bits per heavy atom. The number of amides is 1. The third kappa shape index (κ3) is 3.79. The second-order valence-corrected chi connectivity index (χ2v) is 7.68. The van der Waals surface area contributed by atoms with Crippen LogP contribution in [0, 0.1) is 0 Å². The lowest BCUT2D eigenvalue weighted by Crippen LogP contribution is -2.37. The number of rotatable bonds is 6. The van der Waals surface area contributed by atoms with Gasteiger partial charge in [-0.2, -0.15) is 0 Å². The molecule has 0 N–H and O–H groups in total. The van der Waals surface area contributed by atoms with Crippen LogP contribution in [0.3, 0.4) is 0 Å². The monoisotopic (exact) mass is 403 g/mol. The maximum atomic E-state index is 13.0. The first-order valence-corrected chi connectivity index (χ1v) is 9.95. The summed E-state index contributed by atoms with van der Waals surface area (Å²) in [4.78, 5) is 14.8. The predicted molar refractivity (Wildman–Crippen MR) is 120 cm³/mol. The van der Waals surface area contributed by atoms with Gasteiger partial charge in [0.25, 0.3) is 0 Å². The maximum Gasteiger partial charge on any atom is 0.228 e. The van der Waals surface area contributed by atoms with Crippen LogP contribution in [0.15, 0.2) is 84.9 Å². The number of nitrogens with zero attached hydrogens (tertiary/aromatic N) is 1. The summed E-state index contributed by atoms with van der Waals surface area (Å²) in [5.74, 6) is 0.803. The number of fused-ring (bicyclic) bond motifs is 3. The van der Waals surface area contributed by atoms with Crippen molar-refractivity contribution in [3.05, 3.63) is 96.1 Å². The van der Waals surface area contributed by atoms with Gasteiger partial charge in [-0.1, -0.05) is 73.3 Å². The summed E-state index contributed by atoms with van der Waals surface area (Å²) >= 11 is 6.06. The van der Waals surface area contributed by atoms with E-state index in [9.17, 15) is 4.79 Å². The molecule has 0 saturated carbocycles. The number of halogens is 1. The summed E-state index contributed by atoms with van der Waals surface area (Å²) in [6, 6.07) is 20.3. The predicted octanol–water partition coefficient (Wildman–Crippen LogP) is 6.03. The van der Waals surface area contributed by atoms with E-state index >= 15 is 0 Å². The van der Waals surface area contributed by atoms with Crippen molar-refractivity contribution in [2.75, 3.05) is 18.1 Å². The summed E-state index contributed by atoms with van der Waals surface area (Å²) in [5, 5.41) is 2.75. The summed E-state index contributed by atoms with van der Waals surface area (Å²) in [7, 11) is 0.